The number of amides is 1. The molecular formula is C6H12N2O. The van der Waals surface area contributed by atoms with Crippen molar-refractivity contribution < 1.29 is 4.79 Å². The second-order valence-corrected chi connectivity index (χ2v) is 2.81. The van der Waals surface area contributed by atoms with Gasteiger partial charge in [0.2, 0.25) is 5.91 Å². The molecule has 0 aromatic rings. The van der Waals surface area contributed by atoms with Gasteiger partial charge in [0.25, 0.3) is 0 Å². The minimum absolute atomic E-state index is 0.114. The van der Waals surface area contributed by atoms with Gasteiger partial charge in [0.05, 0.1) is 0 Å². The lowest BCUT2D eigenvalue weighted by Crippen LogP contribution is -2.44. The molecular weight excluding hydrogens is 116 g/mol. The van der Waals surface area contributed by atoms with Crippen LogP contribution in [0.15, 0.2) is 0 Å². The van der Waals surface area contributed by atoms with Crippen molar-refractivity contribution in [2.24, 2.45) is 5.73 Å². The number of nitrogens with two attached hydrogens (primary N) is 1. The molecule has 1 heterocycles. The molecule has 1 aliphatic heterocycles. The molecule has 0 saturated carbocycles. The second-order valence-electron chi connectivity index (χ2n) is 2.81. The van der Waals surface area contributed by atoms with Gasteiger partial charge in [0, 0.05) is 18.5 Å². The summed E-state index contributed by atoms with van der Waals surface area (Å²) in [5.74, 6) is 0.128. The Morgan fingerprint density at radius 1 is 1.89 bits per heavy atom. The Hall–Kier alpha value is -0.570. The maximum Gasteiger partial charge on any atom is 0.220 e. The molecule has 0 spiro atoms. The van der Waals surface area contributed by atoms with Crippen molar-refractivity contribution in [3.8, 4) is 0 Å². The van der Waals surface area contributed by atoms with Crippen molar-refractivity contribution in [1.29, 1.82) is 0 Å². The van der Waals surface area contributed by atoms with Crippen LogP contribution in [0.4, 0.5) is 0 Å². The summed E-state index contributed by atoms with van der Waals surface area (Å²) in [6, 6.07) is 0. The molecule has 0 radical (unpaired) electrons. The van der Waals surface area contributed by atoms with Gasteiger partial charge in [-0.15, -0.1) is 0 Å². The molecule has 1 aliphatic rings. The number of carbonyl (C=O) groups is 1. The molecule has 52 valence electrons. The molecule has 3 heteroatoms. The molecule has 1 amide bonds. The van der Waals surface area contributed by atoms with Crippen molar-refractivity contribution in [2.45, 2.75) is 25.3 Å². The van der Waals surface area contributed by atoms with E-state index in [-0.39, 0.29) is 11.4 Å². The van der Waals surface area contributed by atoms with Crippen LogP contribution in [0.2, 0.25) is 0 Å². The summed E-state index contributed by atoms with van der Waals surface area (Å²) in [6.07, 6.45) is 1.51. The Kier molecular flexibility index (Phi) is 1.45. The molecule has 0 bridgehead atoms. The van der Waals surface area contributed by atoms with Crippen LogP contribution in [-0.2, 0) is 4.79 Å². The van der Waals surface area contributed by atoms with E-state index in [1.165, 1.54) is 0 Å². The van der Waals surface area contributed by atoms with E-state index in [1.807, 2.05) is 6.92 Å². The van der Waals surface area contributed by atoms with E-state index in [0.29, 0.717) is 13.0 Å². The number of carbonyl (C=O) groups excluding carboxylic acids is 1. The van der Waals surface area contributed by atoms with Gasteiger partial charge in [-0.3, -0.25) is 4.79 Å². The minimum Gasteiger partial charge on any atom is -0.350 e. The van der Waals surface area contributed by atoms with Crippen LogP contribution in [-0.4, -0.2) is 18.0 Å². The average Bonchev–Trinajstić information content (AvgIpc) is 2.13. The Labute approximate surface area is 54.6 Å². The quantitative estimate of drug-likeness (QED) is 0.505. The minimum atomic E-state index is -0.114. The fourth-order valence-corrected chi connectivity index (χ4v) is 1.00. The monoisotopic (exact) mass is 128 g/mol. The Balaban J connectivity index is 2.54. The van der Waals surface area contributed by atoms with Crippen LogP contribution in [0, 0.1) is 0 Å². The van der Waals surface area contributed by atoms with E-state index >= 15 is 0 Å². The molecule has 1 fully saturated rings. The summed E-state index contributed by atoms with van der Waals surface area (Å²) < 4.78 is 0. The van der Waals surface area contributed by atoms with Crippen molar-refractivity contribution in [1.82, 2.24) is 5.32 Å². The Morgan fingerprint density at radius 3 is 2.78 bits per heavy atom. The third kappa shape index (κ3) is 1.21. The highest BCUT2D eigenvalue weighted by molar-refractivity contribution is 5.79. The van der Waals surface area contributed by atoms with Gasteiger partial charge in [-0.05, 0) is 13.3 Å². The third-order valence-electron chi connectivity index (χ3n) is 1.80. The van der Waals surface area contributed by atoms with E-state index in [0.717, 1.165) is 6.42 Å². The number of hydrogen-bond donors (Lipinski definition) is 2. The first-order valence-electron chi connectivity index (χ1n) is 3.17. The predicted molar refractivity (Wildman–Crippen MR) is 34.8 cm³/mol. The number of nitrogens with one attached hydrogen (secondary N) is 1. The number of hydrogen-bond acceptors (Lipinski definition) is 2. The van der Waals surface area contributed by atoms with Crippen molar-refractivity contribution in [2.75, 3.05) is 6.54 Å². The summed E-state index contributed by atoms with van der Waals surface area (Å²) in [4.78, 5) is 10.7. The zero-order chi connectivity index (χ0) is 6.91. The molecule has 1 saturated heterocycles. The summed E-state index contributed by atoms with van der Waals surface area (Å²) in [5.41, 5.74) is 5.30. The van der Waals surface area contributed by atoms with Crippen LogP contribution in [0.5, 0.6) is 0 Å². The zero-order valence-electron chi connectivity index (χ0n) is 5.61. The first-order valence-corrected chi connectivity index (χ1v) is 3.17. The van der Waals surface area contributed by atoms with E-state index in [9.17, 15) is 4.79 Å². The van der Waals surface area contributed by atoms with Crippen molar-refractivity contribution in [3.05, 3.63) is 0 Å². The lowest BCUT2D eigenvalue weighted by atomic mass is 10.0. The molecule has 9 heavy (non-hydrogen) atoms. The molecule has 0 aromatic heterocycles. The standard InChI is InChI=1S/C6H12N2O/c1-6(4-7)3-2-5(9)8-6/h2-4,7H2,1H3,(H,8,9). The highest BCUT2D eigenvalue weighted by Gasteiger charge is 2.30. The second kappa shape index (κ2) is 1.99. The van der Waals surface area contributed by atoms with Crippen LogP contribution in [0.25, 0.3) is 0 Å². The van der Waals surface area contributed by atoms with E-state index in [4.69, 9.17) is 5.73 Å². The molecule has 0 aliphatic carbocycles. The van der Waals surface area contributed by atoms with Gasteiger partial charge in [-0.2, -0.15) is 0 Å². The first-order chi connectivity index (χ1) is 4.16. The van der Waals surface area contributed by atoms with Gasteiger partial charge in [-0.1, -0.05) is 0 Å². The van der Waals surface area contributed by atoms with Crippen LogP contribution in [0.3, 0.4) is 0 Å². The molecule has 0 aromatic carbocycles. The summed E-state index contributed by atoms with van der Waals surface area (Å²) in [7, 11) is 0. The van der Waals surface area contributed by atoms with Gasteiger partial charge < -0.3 is 11.1 Å². The van der Waals surface area contributed by atoms with Crippen LogP contribution in [0.1, 0.15) is 19.8 Å². The topological polar surface area (TPSA) is 55.1 Å². The van der Waals surface area contributed by atoms with Gasteiger partial charge >= 0.3 is 0 Å². The Morgan fingerprint density at radius 2 is 2.56 bits per heavy atom. The highest BCUT2D eigenvalue weighted by atomic mass is 16.2. The maximum atomic E-state index is 10.7. The maximum absolute atomic E-state index is 10.7. The summed E-state index contributed by atoms with van der Waals surface area (Å²) in [6.45, 7) is 2.51. The predicted octanol–water partition coefficient (Wildman–Crippen LogP) is -0.386. The lowest BCUT2D eigenvalue weighted by Gasteiger charge is -2.20. The first kappa shape index (κ1) is 6.55. The van der Waals surface area contributed by atoms with Crippen molar-refractivity contribution >= 4 is 5.91 Å². The fraction of sp³-hybridized carbons (Fsp3) is 0.833. The smallest absolute Gasteiger partial charge is 0.220 e. The van der Waals surface area contributed by atoms with Crippen molar-refractivity contribution in [3.63, 3.8) is 0 Å². The molecule has 1 rings (SSSR count). The third-order valence-corrected chi connectivity index (χ3v) is 1.80. The van der Waals surface area contributed by atoms with E-state index in [1.54, 1.807) is 0 Å². The van der Waals surface area contributed by atoms with Crippen LogP contribution >= 0.6 is 0 Å². The normalized spacial score (nSPS) is 34.7. The van der Waals surface area contributed by atoms with E-state index < -0.39 is 0 Å². The van der Waals surface area contributed by atoms with Gasteiger partial charge in [0.15, 0.2) is 0 Å². The van der Waals surface area contributed by atoms with Crippen LogP contribution < -0.4 is 11.1 Å². The van der Waals surface area contributed by atoms with Gasteiger partial charge in [-0.25, -0.2) is 0 Å². The molecule has 1 atom stereocenters. The zero-order valence-corrected chi connectivity index (χ0v) is 5.61. The molecule has 3 N–H and O–H groups in total. The highest BCUT2D eigenvalue weighted by Crippen LogP contribution is 2.16. The average molecular weight is 128 g/mol. The van der Waals surface area contributed by atoms with Gasteiger partial charge in [0.1, 0.15) is 0 Å². The lowest BCUT2D eigenvalue weighted by molar-refractivity contribution is -0.119. The number of rotatable bonds is 1. The summed E-state index contributed by atoms with van der Waals surface area (Å²) >= 11 is 0. The molecule has 1 unspecified atom stereocenters. The van der Waals surface area contributed by atoms with E-state index in [2.05, 4.69) is 5.32 Å². The summed E-state index contributed by atoms with van der Waals surface area (Å²) in [5, 5.41) is 2.82. The SMILES string of the molecule is CC1(CN)CCC(=O)N1. The largest absolute Gasteiger partial charge is 0.350 e. The fourth-order valence-electron chi connectivity index (χ4n) is 1.00. The Bertz CT molecular complexity index is 135. The molecule has 3 nitrogen and oxygen atoms in total.